The summed E-state index contributed by atoms with van der Waals surface area (Å²) in [6, 6.07) is 6.11. The Bertz CT molecular complexity index is 556. The van der Waals surface area contributed by atoms with Crippen molar-refractivity contribution in [2.24, 2.45) is 0 Å². The number of aliphatic carboxylic acids is 1. The van der Waals surface area contributed by atoms with Gasteiger partial charge in [-0.25, -0.2) is 0 Å². The van der Waals surface area contributed by atoms with E-state index < -0.39 is 18.1 Å². The lowest BCUT2D eigenvalue weighted by Crippen LogP contribution is -2.54. The minimum absolute atomic E-state index is 0.0571. The average Bonchev–Trinajstić information content (AvgIpc) is 2.43. The first-order valence-electron chi connectivity index (χ1n) is 7.45. The van der Waals surface area contributed by atoms with Gasteiger partial charge in [0.25, 0.3) is 0 Å². The third-order valence-electron chi connectivity index (χ3n) is 3.99. The number of benzene rings is 1. The minimum atomic E-state index is -2.86. The lowest BCUT2D eigenvalue weighted by atomic mass is 9.74. The van der Waals surface area contributed by atoms with Gasteiger partial charge in [-0.1, -0.05) is 12.1 Å². The number of halogens is 2. The number of hydrogen-bond donors (Lipinski definition) is 2. The highest BCUT2D eigenvalue weighted by molar-refractivity contribution is 5.78. The summed E-state index contributed by atoms with van der Waals surface area (Å²) < 4.78 is 28.3. The van der Waals surface area contributed by atoms with E-state index in [4.69, 9.17) is 5.11 Å². The molecule has 0 aromatic heterocycles. The molecule has 0 spiro atoms. The summed E-state index contributed by atoms with van der Waals surface area (Å²) in [5.74, 6) is -1.04. The van der Waals surface area contributed by atoms with Crippen LogP contribution in [0.5, 0.6) is 5.75 Å². The van der Waals surface area contributed by atoms with E-state index in [0.717, 1.165) is 12.0 Å². The van der Waals surface area contributed by atoms with Crippen LogP contribution < -0.4 is 10.1 Å². The number of nitrogens with one attached hydrogen (secondary N) is 1. The molecule has 23 heavy (non-hydrogen) atoms. The van der Waals surface area contributed by atoms with E-state index in [1.807, 2.05) is 0 Å². The van der Waals surface area contributed by atoms with Crippen molar-refractivity contribution in [3.8, 4) is 5.75 Å². The van der Waals surface area contributed by atoms with Gasteiger partial charge in [0.2, 0.25) is 5.91 Å². The first-order chi connectivity index (χ1) is 10.9. The summed E-state index contributed by atoms with van der Waals surface area (Å²) in [5.41, 5.74) is 0.223. The Balaban J connectivity index is 1.81. The maximum Gasteiger partial charge on any atom is 0.387 e. The van der Waals surface area contributed by atoms with E-state index >= 15 is 0 Å². The van der Waals surface area contributed by atoms with Gasteiger partial charge < -0.3 is 15.2 Å². The second-order valence-corrected chi connectivity index (χ2v) is 5.78. The molecule has 1 aliphatic carbocycles. The maximum atomic E-state index is 12.0. The molecule has 0 atom stereocenters. The largest absolute Gasteiger partial charge is 0.481 e. The summed E-state index contributed by atoms with van der Waals surface area (Å²) in [4.78, 5) is 22.9. The van der Waals surface area contributed by atoms with Crippen molar-refractivity contribution in [1.29, 1.82) is 0 Å². The Morgan fingerprint density at radius 1 is 1.26 bits per heavy atom. The van der Waals surface area contributed by atoms with Crippen LogP contribution in [-0.4, -0.2) is 29.1 Å². The Morgan fingerprint density at radius 2 is 1.91 bits per heavy atom. The molecule has 1 aromatic rings. The Hall–Kier alpha value is -2.18. The second kappa shape index (κ2) is 7.39. The fourth-order valence-electron chi connectivity index (χ4n) is 2.69. The molecule has 2 rings (SSSR count). The molecule has 126 valence electrons. The fraction of sp³-hybridized carbons (Fsp3) is 0.500. The van der Waals surface area contributed by atoms with Gasteiger partial charge in [0.05, 0.1) is 12.0 Å². The third kappa shape index (κ3) is 5.19. The van der Waals surface area contributed by atoms with E-state index in [1.54, 1.807) is 12.1 Å². The van der Waals surface area contributed by atoms with Crippen molar-refractivity contribution in [1.82, 2.24) is 5.32 Å². The van der Waals surface area contributed by atoms with E-state index in [9.17, 15) is 18.4 Å². The van der Waals surface area contributed by atoms with Gasteiger partial charge in [-0.15, -0.1) is 0 Å². The molecule has 1 aromatic carbocycles. The van der Waals surface area contributed by atoms with Gasteiger partial charge in [-0.3, -0.25) is 9.59 Å². The van der Waals surface area contributed by atoms with Gasteiger partial charge in [0, 0.05) is 6.42 Å². The first kappa shape index (κ1) is 17.2. The zero-order chi connectivity index (χ0) is 16.9. The van der Waals surface area contributed by atoms with Crippen molar-refractivity contribution in [2.45, 2.75) is 50.7 Å². The molecule has 1 fully saturated rings. The highest BCUT2D eigenvalue weighted by Crippen LogP contribution is 2.35. The zero-order valence-electron chi connectivity index (χ0n) is 12.6. The topological polar surface area (TPSA) is 75.6 Å². The molecule has 0 radical (unpaired) electrons. The number of alkyl halides is 2. The van der Waals surface area contributed by atoms with Gasteiger partial charge in [-0.2, -0.15) is 8.78 Å². The molecule has 0 heterocycles. The van der Waals surface area contributed by atoms with Crippen LogP contribution in [0.2, 0.25) is 0 Å². The van der Waals surface area contributed by atoms with Crippen LogP contribution in [-0.2, 0) is 16.0 Å². The van der Waals surface area contributed by atoms with Crippen LogP contribution in [0, 0.1) is 0 Å². The van der Waals surface area contributed by atoms with E-state index in [2.05, 4.69) is 10.1 Å². The third-order valence-corrected chi connectivity index (χ3v) is 3.99. The number of amides is 1. The number of aryl methyl sites for hydroxylation is 1. The number of ether oxygens (including phenoxy) is 1. The molecule has 0 aliphatic heterocycles. The molecular formula is C16H19F2NO4. The molecule has 5 nitrogen and oxygen atoms in total. The van der Waals surface area contributed by atoms with Gasteiger partial charge >= 0.3 is 12.6 Å². The number of rotatable bonds is 8. The molecule has 2 N–H and O–H groups in total. The van der Waals surface area contributed by atoms with Crippen LogP contribution in [0.1, 0.15) is 37.7 Å². The van der Waals surface area contributed by atoms with Crippen LogP contribution in [0.15, 0.2) is 24.3 Å². The van der Waals surface area contributed by atoms with Crippen molar-refractivity contribution in [2.75, 3.05) is 0 Å². The van der Waals surface area contributed by atoms with E-state index in [-0.39, 0.29) is 24.5 Å². The highest BCUT2D eigenvalue weighted by atomic mass is 19.3. The van der Waals surface area contributed by atoms with Gasteiger partial charge in [-0.05, 0) is 43.4 Å². The van der Waals surface area contributed by atoms with Crippen molar-refractivity contribution < 1.29 is 28.2 Å². The number of hydrogen-bond acceptors (Lipinski definition) is 3. The quantitative estimate of drug-likeness (QED) is 0.770. The standard InChI is InChI=1S/C16H19F2NO4/c17-15(18)23-12-5-2-11(3-6-12)4-7-13(20)19-16(8-1-9-16)10-14(21)22/h2-3,5-6,15H,1,4,7-10H2,(H,19,20)(H,21,22). The van der Waals surface area contributed by atoms with Crippen molar-refractivity contribution >= 4 is 11.9 Å². The van der Waals surface area contributed by atoms with E-state index in [0.29, 0.717) is 19.3 Å². The predicted octanol–water partition coefficient (Wildman–Crippen LogP) is 2.73. The van der Waals surface area contributed by atoms with Crippen molar-refractivity contribution in [3.05, 3.63) is 29.8 Å². The zero-order valence-corrected chi connectivity index (χ0v) is 12.6. The summed E-state index contributed by atoms with van der Waals surface area (Å²) in [7, 11) is 0. The number of carboxylic acids is 1. The summed E-state index contributed by atoms with van der Waals surface area (Å²) >= 11 is 0. The van der Waals surface area contributed by atoms with E-state index in [1.165, 1.54) is 12.1 Å². The second-order valence-electron chi connectivity index (χ2n) is 5.78. The number of carboxylic acid groups (broad SMARTS) is 1. The summed E-state index contributed by atoms with van der Waals surface area (Å²) in [6.45, 7) is -2.86. The number of carbonyl (C=O) groups is 2. The number of carbonyl (C=O) groups excluding carboxylic acids is 1. The van der Waals surface area contributed by atoms with Gasteiger partial charge in [0.1, 0.15) is 5.75 Å². The van der Waals surface area contributed by atoms with Crippen LogP contribution in [0.25, 0.3) is 0 Å². The minimum Gasteiger partial charge on any atom is -0.481 e. The molecule has 0 saturated heterocycles. The SMILES string of the molecule is O=C(O)CC1(NC(=O)CCc2ccc(OC(F)F)cc2)CCC1. The first-order valence-corrected chi connectivity index (χ1v) is 7.45. The lowest BCUT2D eigenvalue weighted by Gasteiger charge is -2.41. The Morgan fingerprint density at radius 3 is 2.39 bits per heavy atom. The van der Waals surface area contributed by atoms with Crippen LogP contribution in [0.4, 0.5) is 8.78 Å². The summed E-state index contributed by atoms with van der Waals surface area (Å²) in [6.07, 6.45) is 2.90. The smallest absolute Gasteiger partial charge is 0.387 e. The van der Waals surface area contributed by atoms with Crippen LogP contribution >= 0.6 is 0 Å². The molecule has 1 saturated carbocycles. The average molecular weight is 327 g/mol. The fourth-order valence-corrected chi connectivity index (χ4v) is 2.69. The lowest BCUT2D eigenvalue weighted by molar-refractivity contribution is -0.140. The normalized spacial score (nSPS) is 15.8. The summed E-state index contributed by atoms with van der Waals surface area (Å²) in [5, 5.41) is 11.7. The molecule has 0 bridgehead atoms. The maximum absolute atomic E-state index is 12.0. The van der Waals surface area contributed by atoms with Crippen molar-refractivity contribution in [3.63, 3.8) is 0 Å². The molecule has 7 heteroatoms. The monoisotopic (exact) mass is 327 g/mol. The van der Waals surface area contributed by atoms with Crippen LogP contribution in [0.3, 0.4) is 0 Å². The highest BCUT2D eigenvalue weighted by Gasteiger charge is 2.40. The molecule has 1 amide bonds. The molecule has 1 aliphatic rings. The Labute approximate surface area is 132 Å². The predicted molar refractivity (Wildman–Crippen MR) is 78.4 cm³/mol. The Kier molecular flexibility index (Phi) is 5.52. The molecule has 0 unspecified atom stereocenters. The van der Waals surface area contributed by atoms with Gasteiger partial charge in [0.15, 0.2) is 0 Å². The molecular weight excluding hydrogens is 308 g/mol.